The summed E-state index contributed by atoms with van der Waals surface area (Å²) in [5.74, 6) is 0.524. The number of nitrogens with one attached hydrogen (secondary N) is 1. The first-order chi connectivity index (χ1) is 28.4. The van der Waals surface area contributed by atoms with Crippen LogP contribution in [-0.2, 0) is 12.8 Å². The molecule has 0 radical (unpaired) electrons. The van der Waals surface area contributed by atoms with Crippen LogP contribution in [0.15, 0.2) is 110 Å². The Balaban J connectivity index is 0.000000168. The molecular formula is C46H44N10O3. The molecule has 6 aromatic heterocycles. The highest BCUT2D eigenvalue weighted by Crippen LogP contribution is 2.29. The fourth-order valence-corrected chi connectivity index (χ4v) is 6.08. The molecule has 13 nitrogen and oxygen atoms in total. The maximum atomic E-state index is 12.6. The number of aromatic nitrogens is 8. The summed E-state index contributed by atoms with van der Waals surface area (Å²) in [6.07, 6.45) is 12.0. The number of benzene rings is 2. The van der Waals surface area contributed by atoms with Gasteiger partial charge in [0.1, 0.15) is 11.6 Å². The van der Waals surface area contributed by atoms with Gasteiger partial charge in [-0.3, -0.25) is 14.8 Å². The average molecular weight is 785 g/mol. The number of pyridine rings is 4. The summed E-state index contributed by atoms with van der Waals surface area (Å²) in [6.45, 7) is 11.8. The van der Waals surface area contributed by atoms with Gasteiger partial charge in [0, 0.05) is 100 Å². The number of carbonyl (C=O) groups excluding carboxylic acids is 1. The first-order valence-corrected chi connectivity index (χ1v) is 19.0. The van der Waals surface area contributed by atoms with Crippen LogP contribution in [-0.4, -0.2) is 56.9 Å². The Kier molecular flexibility index (Phi) is 13.0. The number of nitrogens with zero attached hydrogens (tertiary/aromatic N) is 8. The standard InChI is InChI=1S/C23H21N5O.C16H16N4.C7H7NO2/c1-4-21-25-13-18-10-17(12-26-22(18)28-21)20-11-19(6-5-14(20)2)27-23(29)16-7-8-24-15(3)9-16;1-3-15-18-9-12-6-11(8-19-16(12)20-15)14-7-13(17)5-4-10(14)2;1-5-4-6(7(9)10)2-3-8-5/h5-13H,4H2,1-3H3,(H,27,29);4-9H,3,17H2,1-2H3;2-4H,1H3,(H,9,10). The van der Waals surface area contributed by atoms with Gasteiger partial charge in [-0.05, 0) is 111 Å². The van der Waals surface area contributed by atoms with Crippen molar-refractivity contribution < 1.29 is 14.7 Å². The van der Waals surface area contributed by atoms with E-state index in [0.717, 1.165) is 91.5 Å². The zero-order chi connectivity index (χ0) is 42.1. The van der Waals surface area contributed by atoms with Crippen LogP contribution < -0.4 is 11.1 Å². The summed E-state index contributed by atoms with van der Waals surface area (Å²) in [7, 11) is 0. The molecule has 2 aromatic carbocycles. The molecule has 0 aliphatic carbocycles. The Labute approximate surface area is 342 Å². The second-order valence-corrected chi connectivity index (χ2v) is 13.8. The van der Waals surface area contributed by atoms with Crippen molar-refractivity contribution >= 4 is 45.3 Å². The van der Waals surface area contributed by atoms with Crippen LogP contribution >= 0.6 is 0 Å². The molecule has 0 atom stereocenters. The lowest BCUT2D eigenvalue weighted by atomic mass is 10.0. The normalized spacial score (nSPS) is 10.6. The van der Waals surface area contributed by atoms with Gasteiger partial charge in [0.05, 0.1) is 5.56 Å². The third-order valence-corrected chi connectivity index (χ3v) is 9.28. The SMILES string of the molecule is CCc1ncc2cc(-c3cc(N)ccc3C)cnc2n1.CCc1ncc2cc(-c3cc(NC(=O)c4ccnc(C)c4)ccc3C)cnc2n1.Cc1cc(C(=O)O)ccn1. The number of aryl methyl sites for hydroxylation is 6. The molecule has 0 unspecified atom stereocenters. The first kappa shape index (κ1) is 41.1. The molecule has 0 fully saturated rings. The van der Waals surface area contributed by atoms with E-state index in [1.165, 1.54) is 23.9 Å². The molecule has 0 saturated carbocycles. The number of carboxylic acids is 1. The Morgan fingerprint density at radius 1 is 0.593 bits per heavy atom. The molecule has 8 aromatic rings. The maximum absolute atomic E-state index is 12.6. The number of carboxylic acid groups (broad SMARTS) is 1. The summed E-state index contributed by atoms with van der Waals surface area (Å²) >= 11 is 0. The molecule has 0 spiro atoms. The summed E-state index contributed by atoms with van der Waals surface area (Å²) in [6, 6.07) is 22.3. The van der Waals surface area contributed by atoms with Gasteiger partial charge in [-0.25, -0.2) is 34.7 Å². The summed E-state index contributed by atoms with van der Waals surface area (Å²) in [5, 5.41) is 13.3. The third-order valence-electron chi connectivity index (χ3n) is 9.28. The lowest BCUT2D eigenvalue weighted by molar-refractivity contribution is 0.0696. The van der Waals surface area contributed by atoms with E-state index >= 15 is 0 Å². The van der Waals surface area contributed by atoms with Crippen LogP contribution in [0.1, 0.15) is 68.7 Å². The minimum absolute atomic E-state index is 0.164. The molecule has 296 valence electrons. The van der Waals surface area contributed by atoms with Crippen LogP contribution in [0.3, 0.4) is 0 Å². The largest absolute Gasteiger partial charge is 0.478 e. The minimum atomic E-state index is -0.912. The number of rotatable bonds is 7. The van der Waals surface area contributed by atoms with Gasteiger partial charge in [0.15, 0.2) is 11.3 Å². The molecule has 6 heterocycles. The van der Waals surface area contributed by atoms with Gasteiger partial charge in [0.2, 0.25) is 0 Å². The molecule has 59 heavy (non-hydrogen) atoms. The lowest BCUT2D eigenvalue weighted by Gasteiger charge is -2.11. The lowest BCUT2D eigenvalue weighted by Crippen LogP contribution is -2.12. The van der Waals surface area contributed by atoms with Crippen molar-refractivity contribution in [3.05, 3.63) is 155 Å². The van der Waals surface area contributed by atoms with Gasteiger partial charge in [-0.2, -0.15) is 0 Å². The number of nitrogens with two attached hydrogens (primary N) is 1. The topological polar surface area (TPSA) is 196 Å². The maximum Gasteiger partial charge on any atom is 0.335 e. The van der Waals surface area contributed by atoms with Crippen molar-refractivity contribution in [3.8, 4) is 22.3 Å². The van der Waals surface area contributed by atoms with Crippen molar-refractivity contribution in [2.45, 2.75) is 54.4 Å². The molecule has 0 aliphatic heterocycles. The van der Waals surface area contributed by atoms with Crippen molar-refractivity contribution in [1.82, 2.24) is 39.9 Å². The van der Waals surface area contributed by atoms with Gasteiger partial charge in [0.25, 0.3) is 5.91 Å². The first-order valence-electron chi connectivity index (χ1n) is 19.0. The number of hydrogen-bond acceptors (Lipinski definition) is 11. The number of nitrogen functional groups attached to an aromatic ring is 1. The molecule has 1 amide bonds. The van der Waals surface area contributed by atoms with Gasteiger partial charge < -0.3 is 16.2 Å². The molecule has 0 aliphatic rings. The zero-order valence-corrected chi connectivity index (χ0v) is 33.7. The van der Waals surface area contributed by atoms with Crippen LogP contribution in [0.25, 0.3) is 44.3 Å². The fraction of sp³-hybridized carbons (Fsp3) is 0.174. The number of fused-ring (bicyclic) bond motifs is 2. The number of anilines is 2. The summed E-state index contributed by atoms with van der Waals surface area (Å²) in [4.78, 5) is 57.4. The third kappa shape index (κ3) is 10.5. The second kappa shape index (κ2) is 18.6. The van der Waals surface area contributed by atoms with E-state index in [9.17, 15) is 9.59 Å². The van der Waals surface area contributed by atoms with Crippen molar-refractivity contribution in [2.75, 3.05) is 11.1 Å². The highest BCUT2D eigenvalue weighted by Gasteiger charge is 2.11. The molecule has 0 bridgehead atoms. The van der Waals surface area contributed by atoms with Crippen LogP contribution in [0.4, 0.5) is 11.4 Å². The van der Waals surface area contributed by atoms with Crippen LogP contribution in [0.2, 0.25) is 0 Å². The van der Waals surface area contributed by atoms with Gasteiger partial charge >= 0.3 is 5.97 Å². The molecule has 4 N–H and O–H groups in total. The highest BCUT2D eigenvalue weighted by molar-refractivity contribution is 6.04. The zero-order valence-electron chi connectivity index (χ0n) is 33.7. The number of carbonyl (C=O) groups is 2. The van der Waals surface area contributed by atoms with Crippen molar-refractivity contribution in [3.63, 3.8) is 0 Å². The molecule has 8 rings (SSSR count). The van der Waals surface area contributed by atoms with E-state index in [4.69, 9.17) is 10.8 Å². The predicted molar refractivity (Wildman–Crippen MR) is 231 cm³/mol. The smallest absolute Gasteiger partial charge is 0.335 e. The fourth-order valence-electron chi connectivity index (χ4n) is 6.08. The van der Waals surface area contributed by atoms with E-state index in [-0.39, 0.29) is 11.5 Å². The van der Waals surface area contributed by atoms with E-state index in [2.05, 4.69) is 58.2 Å². The molecular weight excluding hydrogens is 741 g/mol. The highest BCUT2D eigenvalue weighted by atomic mass is 16.4. The predicted octanol–water partition coefficient (Wildman–Crippen LogP) is 8.75. The number of amides is 1. The second-order valence-electron chi connectivity index (χ2n) is 13.8. The van der Waals surface area contributed by atoms with Gasteiger partial charge in [-0.1, -0.05) is 26.0 Å². The van der Waals surface area contributed by atoms with E-state index < -0.39 is 5.97 Å². The molecule has 0 saturated heterocycles. The Hall–Kier alpha value is -7.54. The van der Waals surface area contributed by atoms with Crippen LogP contribution in [0, 0.1) is 27.7 Å². The number of aromatic carboxylic acids is 1. The van der Waals surface area contributed by atoms with E-state index in [0.29, 0.717) is 11.2 Å². The average Bonchev–Trinajstić information content (AvgIpc) is 3.24. The van der Waals surface area contributed by atoms with Crippen molar-refractivity contribution in [1.29, 1.82) is 0 Å². The Bertz CT molecular complexity index is 2810. The van der Waals surface area contributed by atoms with E-state index in [1.807, 2.05) is 94.9 Å². The molecule has 13 heteroatoms. The van der Waals surface area contributed by atoms with E-state index in [1.54, 1.807) is 25.3 Å². The summed E-state index contributed by atoms with van der Waals surface area (Å²) in [5.41, 5.74) is 17.5. The summed E-state index contributed by atoms with van der Waals surface area (Å²) < 4.78 is 0. The van der Waals surface area contributed by atoms with Crippen molar-refractivity contribution in [2.24, 2.45) is 0 Å². The monoisotopic (exact) mass is 784 g/mol. The van der Waals surface area contributed by atoms with Crippen LogP contribution in [0.5, 0.6) is 0 Å². The Morgan fingerprint density at radius 3 is 1.61 bits per heavy atom. The quantitative estimate of drug-likeness (QED) is 0.130. The number of hydrogen-bond donors (Lipinski definition) is 3. The minimum Gasteiger partial charge on any atom is -0.478 e. The van der Waals surface area contributed by atoms with Gasteiger partial charge in [-0.15, -0.1) is 0 Å². The Morgan fingerprint density at radius 2 is 1.10 bits per heavy atom.